The van der Waals surface area contributed by atoms with E-state index in [2.05, 4.69) is 26.1 Å². The number of nitrogens with one attached hydrogen (secondary N) is 1. The molecule has 0 spiro atoms. The van der Waals surface area contributed by atoms with Crippen molar-refractivity contribution in [1.29, 1.82) is 0 Å². The molecule has 0 saturated carbocycles. The second-order valence-electron chi connectivity index (χ2n) is 7.54. The van der Waals surface area contributed by atoms with Crippen molar-refractivity contribution in [2.75, 3.05) is 33.3 Å². The molecular formula is C20H30N4O. The predicted octanol–water partition coefficient (Wildman–Crippen LogP) is 3.41. The molecule has 1 atom stereocenters. The molecule has 2 saturated heterocycles. The van der Waals surface area contributed by atoms with Crippen LogP contribution < -0.4 is 4.74 Å². The van der Waals surface area contributed by atoms with Gasteiger partial charge in [-0.15, -0.1) is 0 Å². The van der Waals surface area contributed by atoms with Gasteiger partial charge in [0.05, 0.1) is 18.3 Å². The summed E-state index contributed by atoms with van der Waals surface area (Å²) in [5.74, 6) is 0.902. The number of nitrogens with zero attached hydrogens (tertiary/aromatic N) is 3. The van der Waals surface area contributed by atoms with Gasteiger partial charge in [0, 0.05) is 18.0 Å². The lowest BCUT2D eigenvalue weighted by Gasteiger charge is -2.36. The second kappa shape index (κ2) is 7.75. The summed E-state index contributed by atoms with van der Waals surface area (Å²) in [6, 6.07) is 6.83. The van der Waals surface area contributed by atoms with E-state index in [-0.39, 0.29) is 0 Å². The first-order valence-corrected chi connectivity index (χ1v) is 9.81. The largest absolute Gasteiger partial charge is 0.497 e. The maximum atomic E-state index is 5.39. The Labute approximate surface area is 150 Å². The lowest BCUT2D eigenvalue weighted by atomic mass is 9.98. The number of H-pyrrole nitrogens is 1. The maximum absolute atomic E-state index is 5.39. The van der Waals surface area contributed by atoms with Crippen molar-refractivity contribution in [2.24, 2.45) is 0 Å². The Morgan fingerprint density at radius 2 is 2.00 bits per heavy atom. The van der Waals surface area contributed by atoms with Gasteiger partial charge in [-0.05, 0) is 76.5 Å². The van der Waals surface area contributed by atoms with Crippen LogP contribution in [0, 0.1) is 0 Å². The SMILES string of the molecule is COc1ccc2n[nH]c(CN3CCCC[C@H]3CCN3CCCC3)c2c1. The number of ether oxygens (including phenoxy) is 1. The van der Waals surface area contributed by atoms with Crippen LogP contribution in [-0.4, -0.2) is 59.3 Å². The molecule has 2 aliphatic heterocycles. The van der Waals surface area contributed by atoms with Gasteiger partial charge in [0.2, 0.25) is 0 Å². The minimum Gasteiger partial charge on any atom is -0.497 e. The van der Waals surface area contributed by atoms with E-state index in [0.29, 0.717) is 6.04 Å². The summed E-state index contributed by atoms with van der Waals surface area (Å²) in [5.41, 5.74) is 2.25. The molecule has 0 radical (unpaired) electrons. The number of piperidine rings is 1. The van der Waals surface area contributed by atoms with Gasteiger partial charge < -0.3 is 9.64 Å². The molecule has 0 aliphatic carbocycles. The Morgan fingerprint density at radius 3 is 2.84 bits per heavy atom. The van der Waals surface area contributed by atoms with Crippen molar-refractivity contribution in [3.63, 3.8) is 0 Å². The van der Waals surface area contributed by atoms with Crippen LogP contribution in [0.3, 0.4) is 0 Å². The summed E-state index contributed by atoms with van der Waals surface area (Å²) in [7, 11) is 1.72. The average molecular weight is 342 g/mol. The van der Waals surface area contributed by atoms with Gasteiger partial charge >= 0.3 is 0 Å². The van der Waals surface area contributed by atoms with E-state index in [0.717, 1.165) is 17.8 Å². The van der Waals surface area contributed by atoms with E-state index in [1.54, 1.807) is 7.11 Å². The first-order chi connectivity index (χ1) is 12.3. The Balaban J connectivity index is 1.45. The van der Waals surface area contributed by atoms with Gasteiger partial charge in [-0.25, -0.2) is 0 Å². The number of rotatable bonds is 6. The van der Waals surface area contributed by atoms with E-state index in [1.165, 1.54) is 75.8 Å². The number of aromatic nitrogens is 2. The molecule has 1 aromatic carbocycles. The first kappa shape index (κ1) is 16.9. The fourth-order valence-electron chi connectivity index (χ4n) is 4.43. The van der Waals surface area contributed by atoms with Gasteiger partial charge in [-0.2, -0.15) is 5.10 Å². The number of benzene rings is 1. The molecule has 3 heterocycles. The van der Waals surface area contributed by atoms with E-state index in [1.807, 2.05) is 12.1 Å². The molecular weight excluding hydrogens is 312 g/mol. The molecule has 2 aliphatic rings. The molecule has 0 unspecified atom stereocenters. The van der Waals surface area contributed by atoms with Crippen LogP contribution in [-0.2, 0) is 6.54 Å². The molecule has 2 aromatic rings. The summed E-state index contributed by atoms with van der Waals surface area (Å²) >= 11 is 0. The molecule has 5 nitrogen and oxygen atoms in total. The van der Waals surface area contributed by atoms with E-state index in [4.69, 9.17) is 4.74 Å². The third-order valence-electron chi connectivity index (χ3n) is 5.93. The van der Waals surface area contributed by atoms with E-state index < -0.39 is 0 Å². The fourth-order valence-corrected chi connectivity index (χ4v) is 4.43. The highest BCUT2D eigenvalue weighted by molar-refractivity contribution is 5.82. The lowest BCUT2D eigenvalue weighted by molar-refractivity contribution is 0.120. The number of fused-ring (bicyclic) bond motifs is 1. The van der Waals surface area contributed by atoms with Crippen molar-refractivity contribution in [2.45, 2.75) is 51.1 Å². The number of hydrogen-bond donors (Lipinski definition) is 1. The molecule has 5 heteroatoms. The molecule has 25 heavy (non-hydrogen) atoms. The monoisotopic (exact) mass is 342 g/mol. The van der Waals surface area contributed by atoms with Crippen molar-refractivity contribution in [3.05, 3.63) is 23.9 Å². The fraction of sp³-hybridized carbons (Fsp3) is 0.650. The van der Waals surface area contributed by atoms with Crippen molar-refractivity contribution >= 4 is 10.9 Å². The summed E-state index contributed by atoms with van der Waals surface area (Å²) in [4.78, 5) is 5.31. The minimum absolute atomic E-state index is 0.707. The highest BCUT2D eigenvalue weighted by Gasteiger charge is 2.24. The van der Waals surface area contributed by atoms with Gasteiger partial charge in [0.15, 0.2) is 0 Å². The summed E-state index contributed by atoms with van der Waals surface area (Å²) in [6.45, 7) is 6.04. The Bertz CT molecular complexity index is 692. The van der Waals surface area contributed by atoms with Crippen LogP contribution in [0.25, 0.3) is 10.9 Å². The highest BCUT2D eigenvalue weighted by atomic mass is 16.5. The lowest BCUT2D eigenvalue weighted by Crippen LogP contribution is -2.41. The van der Waals surface area contributed by atoms with Gasteiger partial charge in [0.25, 0.3) is 0 Å². The standard InChI is InChI=1S/C20H30N4O/c1-25-17-7-8-19-18(14-17)20(22-21-19)15-24-12-3-2-6-16(24)9-13-23-10-4-5-11-23/h7-8,14,16H,2-6,9-13,15H2,1H3,(H,21,22)/t16-/m0/s1. The molecule has 136 valence electrons. The van der Waals surface area contributed by atoms with Crippen molar-refractivity contribution < 1.29 is 4.74 Å². The molecule has 0 amide bonds. The quantitative estimate of drug-likeness (QED) is 0.874. The minimum atomic E-state index is 0.707. The summed E-state index contributed by atoms with van der Waals surface area (Å²) < 4.78 is 5.39. The zero-order chi connectivity index (χ0) is 17.1. The molecule has 2 fully saturated rings. The van der Waals surface area contributed by atoms with E-state index in [9.17, 15) is 0 Å². The smallest absolute Gasteiger partial charge is 0.119 e. The average Bonchev–Trinajstić information content (AvgIpc) is 3.31. The normalized spacial score (nSPS) is 22.7. The van der Waals surface area contributed by atoms with Crippen LogP contribution in [0.1, 0.15) is 44.2 Å². The van der Waals surface area contributed by atoms with Crippen LogP contribution in [0.5, 0.6) is 5.75 Å². The summed E-state index contributed by atoms with van der Waals surface area (Å²) in [5, 5.41) is 8.95. The topological polar surface area (TPSA) is 44.4 Å². The summed E-state index contributed by atoms with van der Waals surface area (Å²) in [6.07, 6.45) is 8.10. The highest BCUT2D eigenvalue weighted by Crippen LogP contribution is 2.27. The zero-order valence-electron chi connectivity index (χ0n) is 15.3. The van der Waals surface area contributed by atoms with Gasteiger partial charge in [-0.1, -0.05) is 6.42 Å². The zero-order valence-corrected chi connectivity index (χ0v) is 15.3. The number of hydrogen-bond acceptors (Lipinski definition) is 4. The predicted molar refractivity (Wildman–Crippen MR) is 101 cm³/mol. The number of likely N-dealkylation sites (tertiary alicyclic amines) is 2. The molecule has 1 N–H and O–H groups in total. The van der Waals surface area contributed by atoms with Crippen molar-refractivity contribution in [1.82, 2.24) is 20.0 Å². The number of aromatic amines is 1. The van der Waals surface area contributed by atoms with Crippen LogP contribution in [0.15, 0.2) is 18.2 Å². The van der Waals surface area contributed by atoms with Gasteiger partial charge in [-0.3, -0.25) is 10.00 Å². The van der Waals surface area contributed by atoms with Crippen LogP contribution >= 0.6 is 0 Å². The van der Waals surface area contributed by atoms with Crippen molar-refractivity contribution in [3.8, 4) is 5.75 Å². The van der Waals surface area contributed by atoms with Crippen LogP contribution in [0.2, 0.25) is 0 Å². The Hall–Kier alpha value is -1.59. The molecule has 1 aromatic heterocycles. The van der Waals surface area contributed by atoms with E-state index >= 15 is 0 Å². The third kappa shape index (κ3) is 3.82. The molecule has 0 bridgehead atoms. The third-order valence-corrected chi connectivity index (χ3v) is 5.93. The molecule has 4 rings (SSSR count). The maximum Gasteiger partial charge on any atom is 0.119 e. The number of methoxy groups -OCH3 is 1. The van der Waals surface area contributed by atoms with Gasteiger partial charge in [0.1, 0.15) is 5.75 Å². The Kier molecular flexibility index (Phi) is 5.22. The second-order valence-corrected chi connectivity index (χ2v) is 7.54. The van der Waals surface area contributed by atoms with Crippen LogP contribution in [0.4, 0.5) is 0 Å². The Morgan fingerprint density at radius 1 is 1.16 bits per heavy atom. The first-order valence-electron chi connectivity index (χ1n) is 9.81.